The molecule has 1 aromatic carbocycles. The van der Waals surface area contributed by atoms with E-state index >= 15 is 0 Å². The highest BCUT2D eigenvalue weighted by Gasteiger charge is 2.12. The lowest BCUT2D eigenvalue weighted by atomic mass is 10.2. The molecule has 0 spiro atoms. The summed E-state index contributed by atoms with van der Waals surface area (Å²) in [6.07, 6.45) is 1.90. The molecule has 128 valence electrons. The number of para-hydroxylation sites is 1. The molecule has 1 aliphatic rings. The Morgan fingerprint density at radius 3 is 2.62 bits per heavy atom. The lowest BCUT2D eigenvalue weighted by molar-refractivity contribution is 0.122. The van der Waals surface area contributed by atoms with E-state index in [2.05, 4.69) is 21.3 Å². The van der Waals surface area contributed by atoms with Gasteiger partial charge in [0.25, 0.3) is 0 Å². The molecule has 6 nitrogen and oxygen atoms in total. The van der Waals surface area contributed by atoms with Crippen molar-refractivity contribution in [2.75, 3.05) is 50.7 Å². The molecule has 24 heavy (non-hydrogen) atoms. The molecule has 1 aliphatic heterocycles. The van der Waals surface area contributed by atoms with Crippen molar-refractivity contribution in [2.24, 2.45) is 0 Å². The number of ether oxygens (including phenoxy) is 3. The van der Waals surface area contributed by atoms with Gasteiger partial charge in [0.05, 0.1) is 39.3 Å². The first-order valence-corrected chi connectivity index (χ1v) is 8.04. The summed E-state index contributed by atoms with van der Waals surface area (Å²) >= 11 is 0. The van der Waals surface area contributed by atoms with Crippen molar-refractivity contribution in [1.82, 2.24) is 4.98 Å². The molecule has 0 bridgehead atoms. The van der Waals surface area contributed by atoms with Gasteiger partial charge in [-0.05, 0) is 18.2 Å². The summed E-state index contributed by atoms with van der Waals surface area (Å²) in [6.45, 7) is 3.99. The van der Waals surface area contributed by atoms with Gasteiger partial charge in [0.1, 0.15) is 5.82 Å². The molecule has 1 N–H and O–H groups in total. The number of anilines is 2. The zero-order chi connectivity index (χ0) is 16.8. The number of rotatable bonds is 6. The van der Waals surface area contributed by atoms with Gasteiger partial charge in [0.15, 0.2) is 11.5 Å². The predicted molar refractivity (Wildman–Crippen MR) is 94.1 cm³/mol. The molecule has 0 radical (unpaired) electrons. The van der Waals surface area contributed by atoms with E-state index < -0.39 is 0 Å². The zero-order valence-electron chi connectivity index (χ0n) is 14.1. The minimum Gasteiger partial charge on any atom is -0.493 e. The standard InChI is InChI=1S/C18H23N3O3/c1-22-16-5-3-4-14(18(16)23-2)12-19-17-7-6-15(13-20-17)21-8-10-24-11-9-21/h3-7,13H,8-12H2,1-2H3,(H,19,20). The van der Waals surface area contributed by atoms with Crippen LogP contribution in [0.5, 0.6) is 11.5 Å². The number of hydrogen-bond donors (Lipinski definition) is 1. The van der Waals surface area contributed by atoms with Crippen molar-refractivity contribution >= 4 is 11.5 Å². The van der Waals surface area contributed by atoms with Crippen LogP contribution in [-0.4, -0.2) is 45.5 Å². The third-order valence-corrected chi connectivity index (χ3v) is 4.07. The van der Waals surface area contributed by atoms with Gasteiger partial charge < -0.3 is 24.4 Å². The summed E-state index contributed by atoms with van der Waals surface area (Å²) in [4.78, 5) is 6.78. The molecule has 0 atom stereocenters. The number of pyridine rings is 1. The van der Waals surface area contributed by atoms with Gasteiger partial charge in [-0.1, -0.05) is 12.1 Å². The first-order valence-electron chi connectivity index (χ1n) is 8.04. The average molecular weight is 329 g/mol. The van der Waals surface area contributed by atoms with Crippen LogP contribution in [0, 0.1) is 0 Å². The Bertz CT molecular complexity index is 655. The molecule has 0 unspecified atom stereocenters. The van der Waals surface area contributed by atoms with E-state index in [-0.39, 0.29) is 0 Å². The quantitative estimate of drug-likeness (QED) is 0.879. The normalized spacial score (nSPS) is 14.3. The molecule has 1 aromatic heterocycles. The van der Waals surface area contributed by atoms with Gasteiger partial charge in [0.2, 0.25) is 0 Å². The summed E-state index contributed by atoms with van der Waals surface area (Å²) < 4.78 is 16.2. The summed E-state index contributed by atoms with van der Waals surface area (Å²) in [6, 6.07) is 9.93. The summed E-state index contributed by atoms with van der Waals surface area (Å²) in [5.74, 6) is 2.31. The highest BCUT2D eigenvalue weighted by Crippen LogP contribution is 2.31. The molecule has 0 aliphatic carbocycles. The topological polar surface area (TPSA) is 55.9 Å². The lowest BCUT2D eigenvalue weighted by Gasteiger charge is -2.28. The largest absolute Gasteiger partial charge is 0.493 e. The molecular formula is C18H23N3O3. The molecule has 0 amide bonds. The van der Waals surface area contributed by atoms with Gasteiger partial charge in [-0.3, -0.25) is 0 Å². The van der Waals surface area contributed by atoms with E-state index in [9.17, 15) is 0 Å². The van der Waals surface area contributed by atoms with Gasteiger partial charge in [-0.15, -0.1) is 0 Å². The molecule has 2 aromatic rings. The monoisotopic (exact) mass is 329 g/mol. The van der Waals surface area contributed by atoms with E-state index in [0.717, 1.165) is 54.9 Å². The fourth-order valence-corrected chi connectivity index (χ4v) is 2.78. The Morgan fingerprint density at radius 1 is 1.12 bits per heavy atom. The number of hydrogen-bond acceptors (Lipinski definition) is 6. The van der Waals surface area contributed by atoms with Crippen LogP contribution in [-0.2, 0) is 11.3 Å². The van der Waals surface area contributed by atoms with E-state index in [1.165, 1.54) is 0 Å². The second-order valence-electron chi connectivity index (χ2n) is 5.51. The number of morpholine rings is 1. The van der Waals surface area contributed by atoms with Crippen molar-refractivity contribution in [1.29, 1.82) is 0 Å². The smallest absolute Gasteiger partial charge is 0.165 e. The predicted octanol–water partition coefficient (Wildman–Crippen LogP) is 2.55. The van der Waals surface area contributed by atoms with E-state index in [4.69, 9.17) is 14.2 Å². The second-order valence-corrected chi connectivity index (χ2v) is 5.51. The molecule has 1 fully saturated rings. The maximum atomic E-state index is 5.45. The zero-order valence-corrected chi connectivity index (χ0v) is 14.1. The molecular weight excluding hydrogens is 306 g/mol. The van der Waals surface area contributed by atoms with Crippen molar-refractivity contribution in [2.45, 2.75) is 6.54 Å². The van der Waals surface area contributed by atoms with Crippen LogP contribution >= 0.6 is 0 Å². The Kier molecular flexibility index (Phi) is 5.38. The number of benzene rings is 1. The van der Waals surface area contributed by atoms with E-state index in [0.29, 0.717) is 6.54 Å². The van der Waals surface area contributed by atoms with E-state index in [1.807, 2.05) is 30.5 Å². The fraction of sp³-hybridized carbons (Fsp3) is 0.389. The molecule has 0 saturated carbocycles. The Labute approximate surface area is 142 Å². The minimum atomic E-state index is 0.615. The Balaban J connectivity index is 1.64. The molecule has 1 saturated heterocycles. The van der Waals surface area contributed by atoms with Crippen LogP contribution < -0.4 is 19.7 Å². The average Bonchev–Trinajstić information content (AvgIpc) is 2.67. The maximum absolute atomic E-state index is 5.45. The van der Waals surface area contributed by atoms with Crippen molar-refractivity contribution < 1.29 is 14.2 Å². The highest BCUT2D eigenvalue weighted by atomic mass is 16.5. The number of nitrogens with one attached hydrogen (secondary N) is 1. The summed E-state index contributed by atoms with van der Waals surface area (Å²) in [7, 11) is 3.29. The van der Waals surface area contributed by atoms with Crippen molar-refractivity contribution in [3.63, 3.8) is 0 Å². The fourth-order valence-electron chi connectivity index (χ4n) is 2.78. The van der Waals surface area contributed by atoms with Crippen LogP contribution in [0.4, 0.5) is 11.5 Å². The minimum absolute atomic E-state index is 0.615. The van der Waals surface area contributed by atoms with Crippen LogP contribution in [0.15, 0.2) is 36.5 Å². The molecule has 3 rings (SSSR count). The maximum Gasteiger partial charge on any atom is 0.165 e. The molecule has 2 heterocycles. The third-order valence-electron chi connectivity index (χ3n) is 4.07. The van der Waals surface area contributed by atoms with Crippen LogP contribution in [0.1, 0.15) is 5.56 Å². The molecule has 6 heteroatoms. The number of aromatic nitrogens is 1. The van der Waals surface area contributed by atoms with E-state index in [1.54, 1.807) is 14.2 Å². The van der Waals surface area contributed by atoms with Crippen molar-refractivity contribution in [3.8, 4) is 11.5 Å². The summed E-state index contributed by atoms with van der Waals surface area (Å²) in [5.41, 5.74) is 2.15. The first kappa shape index (κ1) is 16.4. The van der Waals surface area contributed by atoms with Crippen LogP contribution in [0.25, 0.3) is 0 Å². The third kappa shape index (κ3) is 3.71. The number of nitrogens with zero attached hydrogens (tertiary/aromatic N) is 2. The van der Waals surface area contributed by atoms with Crippen molar-refractivity contribution in [3.05, 3.63) is 42.1 Å². The van der Waals surface area contributed by atoms with Gasteiger partial charge in [-0.25, -0.2) is 4.98 Å². The second kappa shape index (κ2) is 7.88. The first-order chi connectivity index (χ1) is 11.8. The Hall–Kier alpha value is -2.47. The van der Waals surface area contributed by atoms with Gasteiger partial charge in [0, 0.05) is 25.2 Å². The summed E-state index contributed by atoms with van der Waals surface area (Å²) in [5, 5.41) is 3.33. The number of methoxy groups -OCH3 is 2. The van der Waals surface area contributed by atoms with Gasteiger partial charge >= 0.3 is 0 Å². The SMILES string of the molecule is COc1cccc(CNc2ccc(N3CCOCC3)cn2)c1OC. The van der Waals surface area contributed by atoms with Crippen LogP contribution in [0.3, 0.4) is 0 Å². The van der Waals surface area contributed by atoms with Gasteiger partial charge in [-0.2, -0.15) is 0 Å². The Morgan fingerprint density at radius 2 is 1.96 bits per heavy atom. The highest BCUT2D eigenvalue weighted by molar-refractivity contribution is 5.51. The lowest BCUT2D eigenvalue weighted by Crippen LogP contribution is -2.36. The van der Waals surface area contributed by atoms with Crippen LogP contribution in [0.2, 0.25) is 0 Å².